The summed E-state index contributed by atoms with van der Waals surface area (Å²) in [6.07, 6.45) is 0. The highest BCUT2D eigenvalue weighted by atomic mass is 15.2. The van der Waals surface area contributed by atoms with Gasteiger partial charge in [0.25, 0.3) is 0 Å². The van der Waals surface area contributed by atoms with E-state index in [1.165, 1.54) is 111 Å². The molecule has 0 unspecified atom stereocenters. The predicted molar refractivity (Wildman–Crippen MR) is 317 cm³/mol. The summed E-state index contributed by atoms with van der Waals surface area (Å²) in [7, 11) is 0. The van der Waals surface area contributed by atoms with E-state index in [4.69, 9.17) is 0 Å². The second-order valence-corrected chi connectivity index (χ2v) is 19.6. The molecule has 0 amide bonds. The number of hydrogen-bond donors (Lipinski definition) is 0. The average Bonchev–Trinajstić information content (AvgIpc) is 3.46. The van der Waals surface area contributed by atoms with Gasteiger partial charge in [-0.3, -0.25) is 0 Å². The number of para-hydroxylation sites is 2. The molecule has 0 bridgehead atoms. The molecule has 354 valence electrons. The van der Waals surface area contributed by atoms with Crippen molar-refractivity contribution in [2.75, 3.05) is 9.80 Å². The fraction of sp³-hybridized carbons (Fsp3) is 0.0556. The molecule has 0 saturated heterocycles. The van der Waals surface area contributed by atoms with Crippen LogP contribution in [0.3, 0.4) is 0 Å². The van der Waals surface area contributed by atoms with Crippen LogP contribution in [0, 0.1) is 27.7 Å². The molecule has 0 aliphatic heterocycles. The lowest BCUT2D eigenvalue weighted by Crippen LogP contribution is -2.14. The van der Waals surface area contributed by atoms with Crippen LogP contribution < -0.4 is 9.80 Å². The summed E-state index contributed by atoms with van der Waals surface area (Å²) in [5, 5.41) is 4.86. The molecule has 0 atom stereocenters. The lowest BCUT2D eigenvalue weighted by atomic mass is 9.94. The van der Waals surface area contributed by atoms with Crippen molar-refractivity contribution in [3.63, 3.8) is 0 Å². The van der Waals surface area contributed by atoms with Gasteiger partial charge in [0.15, 0.2) is 0 Å². The van der Waals surface area contributed by atoms with Gasteiger partial charge in [0.1, 0.15) is 0 Å². The maximum absolute atomic E-state index is 2.48. The molecule has 0 saturated carbocycles. The molecule has 0 spiro atoms. The van der Waals surface area contributed by atoms with E-state index in [1.807, 2.05) is 0 Å². The molecule has 12 aromatic rings. The third kappa shape index (κ3) is 8.82. The summed E-state index contributed by atoms with van der Waals surface area (Å²) < 4.78 is 0. The van der Waals surface area contributed by atoms with Gasteiger partial charge in [0.05, 0.1) is 11.4 Å². The van der Waals surface area contributed by atoms with Gasteiger partial charge >= 0.3 is 0 Å². The smallest absolute Gasteiger partial charge is 0.0569 e. The molecule has 0 aliphatic carbocycles. The second kappa shape index (κ2) is 19.8. The minimum Gasteiger partial charge on any atom is -0.309 e. The van der Waals surface area contributed by atoms with Crippen LogP contribution in [0.2, 0.25) is 0 Å². The zero-order valence-corrected chi connectivity index (χ0v) is 42.3. The molecular formula is C72H56N2. The van der Waals surface area contributed by atoms with Crippen molar-refractivity contribution >= 4 is 55.7 Å². The van der Waals surface area contributed by atoms with Crippen LogP contribution in [0.5, 0.6) is 0 Å². The van der Waals surface area contributed by atoms with Crippen molar-refractivity contribution in [3.8, 4) is 55.6 Å². The standard InChI is InChI=1S/C72H56N2/c1-49-17-15-27-67(59-33-29-57(30-34-59)53-19-7-5-8-20-53)71(49)73(65-41-37-55-23-11-13-25-61(55)47-65)69-43-39-63(45-51(69)3)64-40-44-70(52(4)46-64)74(66-42-38-56-24-12-14-26-62(56)48-66)72-50(2)18-16-28-68(72)60-35-31-58(32-36-60)54-21-9-6-10-22-54/h5-48H,1-4H3. The van der Waals surface area contributed by atoms with Crippen LogP contribution in [0.1, 0.15) is 22.3 Å². The number of rotatable bonds is 11. The van der Waals surface area contributed by atoms with E-state index in [0.717, 1.165) is 22.7 Å². The summed E-state index contributed by atoms with van der Waals surface area (Å²) >= 11 is 0. The molecule has 0 heterocycles. The first-order valence-electron chi connectivity index (χ1n) is 25.7. The minimum atomic E-state index is 1.12. The molecule has 0 aliphatic rings. The fourth-order valence-corrected chi connectivity index (χ4v) is 10.9. The van der Waals surface area contributed by atoms with Gasteiger partial charge in [-0.25, -0.2) is 0 Å². The zero-order chi connectivity index (χ0) is 50.1. The highest BCUT2D eigenvalue weighted by Crippen LogP contribution is 2.48. The predicted octanol–water partition coefficient (Wildman–Crippen LogP) is 20.5. The third-order valence-corrected chi connectivity index (χ3v) is 14.7. The van der Waals surface area contributed by atoms with Crippen molar-refractivity contribution in [1.82, 2.24) is 0 Å². The van der Waals surface area contributed by atoms with Gasteiger partial charge in [-0.15, -0.1) is 0 Å². The number of fused-ring (bicyclic) bond motifs is 2. The van der Waals surface area contributed by atoms with Crippen molar-refractivity contribution in [1.29, 1.82) is 0 Å². The molecule has 0 fully saturated rings. The Balaban J connectivity index is 0.954. The Morgan fingerprint density at radius 1 is 0.216 bits per heavy atom. The highest BCUT2D eigenvalue weighted by Gasteiger charge is 2.24. The quantitative estimate of drug-likeness (QED) is 0.127. The van der Waals surface area contributed by atoms with Gasteiger partial charge < -0.3 is 9.80 Å². The maximum Gasteiger partial charge on any atom is 0.0569 e. The Morgan fingerprint density at radius 3 is 0.946 bits per heavy atom. The molecule has 74 heavy (non-hydrogen) atoms. The molecular weight excluding hydrogens is 893 g/mol. The summed E-state index contributed by atoms with van der Waals surface area (Å²) in [6, 6.07) is 97.7. The Bertz CT molecular complexity index is 3720. The first-order valence-corrected chi connectivity index (χ1v) is 25.7. The molecule has 12 rings (SSSR count). The number of aryl methyl sites for hydroxylation is 4. The van der Waals surface area contributed by atoms with Crippen LogP contribution in [0.25, 0.3) is 77.2 Å². The van der Waals surface area contributed by atoms with E-state index < -0.39 is 0 Å². The molecule has 12 aromatic carbocycles. The monoisotopic (exact) mass is 948 g/mol. The number of nitrogens with zero attached hydrogens (tertiary/aromatic N) is 2. The van der Waals surface area contributed by atoms with Crippen LogP contribution in [-0.2, 0) is 0 Å². The van der Waals surface area contributed by atoms with E-state index in [1.54, 1.807) is 0 Å². The van der Waals surface area contributed by atoms with Crippen molar-refractivity contribution in [2.24, 2.45) is 0 Å². The Morgan fingerprint density at radius 2 is 0.554 bits per heavy atom. The first-order chi connectivity index (χ1) is 36.3. The van der Waals surface area contributed by atoms with Gasteiger partial charge in [-0.1, -0.05) is 218 Å². The molecule has 0 radical (unpaired) electrons. The van der Waals surface area contributed by atoms with E-state index in [0.29, 0.717) is 0 Å². The molecule has 0 N–H and O–H groups in total. The van der Waals surface area contributed by atoms with Gasteiger partial charge in [-0.2, -0.15) is 0 Å². The SMILES string of the molecule is Cc1cc(-c2ccc(N(c3ccc4ccccc4c3)c3c(C)cccc3-c3ccc(-c4ccccc4)cc3)c(C)c2)ccc1N(c1ccc2ccccc2c1)c1c(C)cccc1-c1ccc(-c2ccccc2)cc1. The van der Waals surface area contributed by atoms with Crippen LogP contribution in [0.15, 0.2) is 267 Å². The largest absolute Gasteiger partial charge is 0.309 e. The van der Waals surface area contributed by atoms with E-state index in [-0.39, 0.29) is 0 Å². The normalized spacial score (nSPS) is 11.2. The molecule has 0 aromatic heterocycles. The summed E-state index contributed by atoms with van der Waals surface area (Å²) in [5.74, 6) is 0. The lowest BCUT2D eigenvalue weighted by molar-refractivity contribution is 1.22. The number of hydrogen-bond acceptors (Lipinski definition) is 2. The topological polar surface area (TPSA) is 6.48 Å². The fourth-order valence-electron chi connectivity index (χ4n) is 10.9. The zero-order valence-electron chi connectivity index (χ0n) is 42.3. The van der Waals surface area contributed by atoms with Crippen molar-refractivity contribution < 1.29 is 0 Å². The summed E-state index contributed by atoms with van der Waals surface area (Å²) in [5.41, 5.74) is 23.5. The summed E-state index contributed by atoms with van der Waals surface area (Å²) in [6.45, 7) is 8.99. The minimum absolute atomic E-state index is 1.12. The van der Waals surface area contributed by atoms with Gasteiger partial charge in [0.2, 0.25) is 0 Å². The van der Waals surface area contributed by atoms with E-state index in [2.05, 4.69) is 304 Å². The first kappa shape index (κ1) is 45.9. The average molecular weight is 949 g/mol. The van der Waals surface area contributed by atoms with E-state index >= 15 is 0 Å². The molecule has 2 nitrogen and oxygen atoms in total. The Hall–Kier alpha value is -9.24. The van der Waals surface area contributed by atoms with Gasteiger partial charge in [0, 0.05) is 33.9 Å². The van der Waals surface area contributed by atoms with Crippen LogP contribution >= 0.6 is 0 Å². The third-order valence-electron chi connectivity index (χ3n) is 14.7. The maximum atomic E-state index is 2.48. The van der Waals surface area contributed by atoms with Crippen LogP contribution in [0.4, 0.5) is 34.1 Å². The molecule has 2 heteroatoms. The second-order valence-electron chi connectivity index (χ2n) is 19.6. The lowest BCUT2D eigenvalue weighted by Gasteiger charge is -2.32. The Labute approximate surface area is 435 Å². The van der Waals surface area contributed by atoms with Crippen molar-refractivity contribution in [2.45, 2.75) is 27.7 Å². The highest BCUT2D eigenvalue weighted by molar-refractivity contribution is 5.97. The Kier molecular flexibility index (Phi) is 12.2. The summed E-state index contributed by atoms with van der Waals surface area (Å²) in [4.78, 5) is 4.96. The number of anilines is 6. The number of benzene rings is 12. The van der Waals surface area contributed by atoms with Gasteiger partial charge in [-0.05, 0) is 165 Å². The van der Waals surface area contributed by atoms with Crippen LogP contribution in [-0.4, -0.2) is 0 Å². The van der Waals surface area contributed by atoms with Crippen molar-refractivity contribution in [3.05, 3.63) is 289 Å². The van der Waals surface area contributed by atoms with E-state index in [9.17, 15) is 0 Å².